The fourth-order valence-electron chi connectivity index (χ4n) is 1.25. The van der Waals surface area contributed by atoms with Gasteiger partial charge < -0.3 is 0 Å². The Hall–Kier alpha value is -0.470. The van der Waals surface area contributed by atoms with E-state index in [0.717, 1.165) is 12.2 Å². The minimum atomic E-state index is 0.0171. The number of carbonyl (C=O) groups excluding carboxylic acids is 1. The number of halogens is 1. The number of carbonyl (C=O) groups is 1. The molecule has 0 aliphatic carbocycles. The van der Waals surface area contributed by atoms with Crippen LogP contribution in [0.1, 0.15) is 30.6 Å². The maximum absolute atomic E-state index is 11.9. The van der Waals surface area contributed by atoms with Gasteiger partial charge in [-0.3, -0.25) is 4.79 Å². The highest BCUT2D eigenvalue weighted by Gasteiger charge is 2.14. The van der Waals surface area contributed by atoms with Crippen molar-refractivity contribution in [1.29, 1.82) is 0 Å². The van der Waals surface area contributed by atoms with E-state index in [1.54, 1.807) is 23.9 Å². The summed E-state index contributed by atoms with van der Waals surface area (Å²) < 4.78 is 0. The number of hydrogen-bond acceptors (Lipinski definition) is 2. The lowest BCUT2D eigenvalue weighted by Gasteiger charge is -2.09. The Morgan fingerprint density at radius 2 is 2.27 bits per heavy atom. The van der Waals surface area contributed by atoms with Gasteiger partial charge in [-0.25, -0.2) is 0 Å². The topological polar surface area (TPSA) is 17.1 Å². The molecule has 1 atom stereocenters. The highest BCUT2D eigenvalue weighted by atomic mass is 35.5. The first-order chi connectivity index (χ1) is 7.15. The standard InChI is InChI=1S/C12H15ClOS/c1-3-7-15-9(2)12(14)10-5-4-6-11(13)8-10/h4-6,8-9H,3,7H2,1-2H3. The first-order valence-corrected chi connectivity index (χ1v) is 6.49. The van der Waals surface area contributed by atoms with Crippen molar-refractivity contribution in [2.45, 2.75) is 25.5 Å². The van der Waals surface area contributed by atoms with Crippen LogP contribution in [0, 0.1) is 0 Å². The van der Waals surface area contributed by atoms with Crippen molar-refractivity contribution in [2.75, 3.05) is 5.75 Å². The average molecular weight is 243 g/mol. The van der Waals surface area contributed by atoms with Gasteiger partial charge in [0.05, 0.1) is 5.25 Å². The highest BCUT2D eigenvalue weighted by molar-refractivity contribution is 8.00. The molecule has 0 bridgehead atoms. The van der Waals surface area contributed by atoms with E-state index in [-0.39, 0.29) is 11.0 Å². The van der Waals surface area contributed by atoms with E-state index in [0.29, 0.717) is 10.6 Å². The van der Waals surface area contributed by atoms with Crippen molar-refractivity contribution in [3.63, 3.8) is 0 Å². The second kappa shape index (κ2) is 6.19. The summed E-state index contributed by atoms with van der Waals surface area (Å²) in [5, 5.41) is 0.636. The Morgan fingerprint density at radius 1 is 1.53 bits per heavy atom. The van der Waals surface area contributed by atoms with Crippen molar-refractivity contribution >= 4 is 29.1 Å². The van der Waals surface area contributed by atoms with E-state index in [4.69, 9.17) is 11.6 Å². The van der Waals surface area contributed by atoms with E-state index in [1.807, 2.05) is 19.1 Å². The Labute approximate surface area is 100 Å². The van der Waals surface area contributed by atoms with Gasteiger partial charge >= 0.3 is 0 Å². The van der Waals surface area contributed by atoms with Crippen LogP contribution in [0.15, 0.2) is 24.3 Å². The van der Waals surface area contributed by atoms with Crippen LogP contribution in [0.2, 0.25) is 5.02 Å². The maximum atomic E-state index is 11.9. The lowest BCUT2D eigenvalue weighted by molar-refractivity contribution is 0.0994. The molecule has 1 rings (SSSR count). The van der Waals surface area contributed by atoms with Gasteiger partial charge in [0, 0.05) is 10.6 Å². The molecule has 1 unspecified atom stereocenters. The molecule has 1 aromatic carbocycles. The molecule has 3 heteroatoms. The molecule has 1 nitrogen and oxygen atoms in total. The van der Waals surface area contributed by atoms with E-state index in [9.17, 15) is 4.79 Å². The van der Waals surface area contributed by atoms with Crippen LogP contribution >= 0.6 is 23.4 Å². The molecule has 0 radical (unpaired) electrons. The number of thioether (sulfide) groups is 1. The van der Waals surface area contributed by atoms with Crippen LogP contribution in [0.5, 0.6) is 0 Å². The number of rotatable bonds is 5. The number of hydrogen-bond donors (Lipinski definition) is 0. The third-order valence-electron chi connectivity index (χ3n) is 2.05. The molecule has 0 amide bonds. The van der Waals surface area contributed by atoms with Crippen molar-refractivity contribution < 1.29 is 4.79 Å². The van der Waals surface area contributed by atoms with Crippen molar-refractivity contribution in [3.05, 3.63) is 34.9 Å². The molecular weight excluding hydrogens is 228 g/mol. The van der Waals surface area contributed by atoms with Crippen LogP contribution in [-0.4, -0.2) is 16.8 Å². The summed E-state index contributed by atoms with van der Waals surface area (Å²) in [6.45, 7) is 4.06. The second-order valence-electron chi connectivity index (χ2n) is 3.39. The van der Waals surface area contributed by atoms with Gasteiger partial charge in [0.15, 0.2) is 5.78 Å². The fraction of sp³-hybridized carbons (Fsp3) is 0.417. The minimum absolute atomic E-state index is 0.0171. The number of ketones is 1. The van der Waals surface area contributed by atoms with Gasteiger partial charge in [-0.15, -0.1) is 0 Å². The molecule has 0 heterocycles. The summed E-state index contributed by atoms with van der Waals surface area (Å²) in [6.07, 6.45) is 1.10. The van der Waals surface area contributed by atoms with Crippen LogP contribution in [0.4, 0.5) is 0 Å². The van der Waals surface area contributed by atoms with Gasteiger partial charge in [0.1, 0.15) is 0 Å². The quantitative estimate of drug-likeness (QED) is 0.725. The van der Waals surface area contributed by atoms with Crippen molar-refractivity contribution in [1.82, 2.24) is 0 Å². The first kappa shape index (κ1) is 12.6. The van der Waals surface area contributed by atoms with Crippen molar-refractivity contribution in [3.8, 4) is 0 Å². The normalized spacial score (nSPS) is 12.5. The highest BCUT2D eigenvalue weighted by Crippen LogP contribution is 2.19. The second-order valence-corrected chi connectivity index (χ2v) is 5.27. The molecule has 0 fully saturated rings. The first-order valence-electron chi connectivity index (χ1n) is 5.06. The summed E-state index contributed by atoms with van der Waals surface area (Å²) >= 11 is 7.53. The van der Waals surface area contributed by atoms with E-state index in [2.05, 4.69) is 6.92 Å². The van der Waals surface area contributed by atoms with Crippen LogP contribution in [0.3, 0.4) is 0 Å². The molecule has 0 aliphatic heterocycles. The minimum Gasteiger partial charge on any atom is -0.293 e. The third kappa shape index (κ3) is 3.88. The Kier molecular flexibility index (Phi) is 5.20. The average Bonchev–Trinajstić information content (AvgIpc) is 2.24. The Bertz CT molecular complexity index is 338. The Morgan fingerprint density at radius 3 is 2.87 bits per heavy atom. The van der Waals surface area contributed by atoms with E-state index < -0.39 is 0 Å². The lowest BCUT2D eigenvalue weighted by atomic mass is 10.1. The molecule has 82 valence electrons. The third-order valence-corrected chi connectivity index (χ3v) is 3.64. The molecular formula is C12H15ClOS. The monoisotopic (exact) mass is 242 g/mol. The molecule has 0 aliphatic rings. The van der Waals surface area contributed by atoms with Gasteiger partial charge in [-0.1, -0.05) is 30.7 Å². The summed E-state index contributed by atoms with van der Waals surface area (Å²) in [5.74, 6) is 1.18. The fourth-order valence-corrected chi connectivity index (χ4v) is 2.31. The molecule has 0 aromatic heterocycles. The zero-order valence-electron chi connectivity index (χ0n) is 9.00. The predicted molar refractivity (Wildman–Crippen MR) is 68.0 cm³/mol. The SMILES string of the molecule is CCCSC(C)C(=O)c1cccc(Cl)c1. The molecule has 1 aromatic rings. The molecule has 0 N–H and O–H groups in total. The molecule has 15 heavy (non-hydrogen) atoms. The molecule has 0 spiro atoms. The van der Waals surface area contributed by atoms with Crippen LogP contribution < -0.4 is 0 Å². The summed E-state index contributed by atoms with van der Waals surface area (Å²) in [4.78, 5) is 11.9. The van der Waals surface area contributed by atoms with Gasteiger partial charge in [-0.05, 0) is 31.2 Å². The molecule has 0 saturated heterocycles. The summed E-state index contributed by atoms with van der Waals surface area (Å²) in [6, 6.07) is 7.14. The zero-order chi connectivity index (χ0) is 11.3. The van der Waals surface area contributed by atoms with E-state index >= 15 is 0 Å². The van der Waals surface area contributed by atoms with Gasteiger partial charge in [0.25, 0.3) is 0 Å². The molecule has 0 saturated carbocycles. The Balaban J connectivity index is 2.67. The van der Waals surface area contributed by atoms with Gasteiger partial charge in [-0.2, -0.15) is 11.8 Å². The van der Waals surface area contributed by atoms with Crippen molar-refractivity contribution in [2.24, 2.45) is 0 Å². The van der Waals surface area contributed by atoms with Crippen LogP contribution in [0.25, 0.3) is 0 Å². The predicted octanol–water partition coefficient (Wildman–Crippen LogP) is 4.05. The summed E-state index contributed by atoms with van der Waals surface area (Å²) in [5.41, 5.74) is 0.707. The number of Topliss-reactive ketones (excluding diaryl/α,β-unsaturated/α-hetero) is 1. The van der Waals surface area contributed by atoms with Gasteiger partial charge in [0.2, 0.25) is 0 Å². The number of benzene rings is 1. The summed E-state index contributed by atoms with van der Waals surface area (Å²) in [7, 11) is 0. The zero-order valence-corrected chi connectivity index (χ0v) is 10.6. The largest absolute Gasteiger partial charge is 0.293 e. The smallest absolute Gasteiger partial charge is 0.175 e. The van der Waals surface area contributed by atoms with Crippen LogP contribution in [-0.2, 0) is 0 Å². The lowest BCUT2D eigenvalue weighted by Crippen LogP contribution is -2.13. The van der Waals surface area contributed by atoms with E-state index in [1.165, 1.54) is 0 Å². The maximum Gasteiger partial charge on any atom is 0.175 e.